The van der Waals surface area contributed by atoms with Crippen molar-refractivity contribution in [1.29, 1.82) is 0 Å². The molecule has 1 aromatic rings. The van der Waals surface area contributed by atoms with E-state index in [2.05, 4.69) is 33.0 Å². The number of halogens is 1. The molecule has 1 atom stereocenters. The molecule has 1 aliphatic heterocycles. The summed E-state index contributed by atoms with van der Waals surface area (Å²) in [7, 11) is 3.33. The van der Waals surface area contributed by atoms with Gasteiger partial charge in [0.1, 0.15) is 0 Å². The van der Waals surface area contributed by atoms with Crippen molar-refractivity contribution < 1.29 is 14.2 Å². The lowest BCUT2D eigenvalue weighted by Gasteiger charge is -2.34. The average molecular weight is 330 g/mol. The lowest BCUT2D eigenvalue weighted by Crippen LogP contribution is -2.43. The first-order valence-corrected chi connectivity index (χ1v) is 7.17. The van der Waals surface area contributed by atoms with Crippen LogP contribution < -0.4 is 0 Å². The van der Waals surface area contributed by atoms with Gasteiger partial charge >= 0.3 is 0 Å². The molecule has 0 radical (unpaired) electrons. The highest BCUT2D eigenvalue weighted by Crippen LogP contribution is 2.24. The van der Waals surface area contributed by atoms with Crippen molar-refractivity contribution >= 4 is 15.9 Å². The van der Waals surface area contributed by atoms with E-state index in [0.29, 0.717) is 0 Å². The van der Waals surface area contributed by atoms with E-state index in [1.54, 1.807) is 14.2 Å². The third kappa shape index (κ3) is 4.26. The third-order valence-electron chi connectivity index (χ3n) is 3.33. The van der Waals surface area contributed by atoms with Gasteiger partial charge in [0.25, 0.3) is 0 Å². The van der Waals surface area contributed by atoms with Crippen LogP contribution in [0.2, 0.25) is 0 Å². The molecule has 1 fully saturated rings. The SMILES string of the molecule is COC(CN1CCO[C@H](c2ccc(Br)cc2)C1)OC. The molecule has 2 rings (SSSR count). The Bertz CT molecular complexity index is 381. The molecule has 0 aliphatic carbocycles. The highest BCUT2D eigenvalue weighted by Gasteiger charge is 2.23. The minimum Gasteiger partial charge on any atom is -0.371 e. The fourth-order valence-electron chi connectivity index (χ4n) is 2.20. The van der Waals surface area contributed by atoms with Gasteiger partial charge in [-0.15, -0.1) is 0 Å². The number of ether oxygens (including phenoxy) is 3. The topological polar surface area (TPSA) is 30.9 Å². The lowest BCUT2D eigenvalue weighted by molar-refractivity contribution is -0.131. The van der Waals surface area contributed by atoms with Crippen LogP contribution in [0.3, 0.4) is 0 Å². The Morgan fingerprint density at radius 1 is 1.32 bits per heavy atom. The van der Waals surface area contributed by atoms with Gasteiger partial charge in [-0.25, -0.2) is 0 Å². The third-order valence-corrected chi connectivity index (χ3v) is 3.85. The van der Waals surface area contributed by atoms with Crippen LogP contribution in [-0.4, -0.2) is 51.7 Å². The van der Waals surface area contributed by atoms with E-state index in [-0.39, 0.29) is 12.4 Å². The summed E-state index contributed by atoms with van der Waals surface area (Å²) in [5, 5.41) is 0. The fraction of sp³-hybridized carbons (Fsp3) is 0.571. The molecule has 19 heavy (non-hydrogen) atoms. The van der Waals surface area contributed by atoms with Crippen molar-refractivity contribution in [1.82, 2.24) is 4.90 Å². The summed E-state index contributed by atoms with van der Waals surface area (Å²) < 4.78 is 17.4. The number of hydrogen-bond donors (Lipinski definition) is 0. The highest BCUT2D eigenvalue weighted by atomic mass is 79.9. The zero-order valence-corrected chi connectivity index (χ0v) is 12.9. The molecule has 0 spiro atoms. The zero-order valence-electron chi connectivity index (χ0n) is 11.3. The second-order valence-corrected chi connectivity index (χ2v) is 5.49. The van der Waals surface area contributed by atoms with E-state index < -0.39 is 0 Å². The van der Waals surface area contributed by atoms with Gasteiger partial charge in [-0.05, 0) is 17.7 Å². The Morgan fingerprint density at radius 2 is 2.00 bits per heavy atom. The van der Waals surface area contributed by atoms with Crippen molar-refractivity contribution in [3.05, 3.63) is 34.3 Å². The predicted molar refractivity (Wildman–Crippen MR) is 77.1 cm³/mol. The van der Waals surface area contributed by atoms with Crippen LogP contribution >= 0.6 is 15.9 Å². The molecule has 0 amide bonds. The smallest absolute Gasteiger partial charge is 0.169 e. The maximum absolute atomic E-state index is 5.84. The van der Waals surface area contributed by atoms with Crippen LogP contribution in [0.1, 0.15) is 11.7 Å². The van der Waals surface area contributed by atoms with E-state index >= 15 is 0 Å². The first kappa shape index (κ1) is 14.9. The van der Waals surface area contributed by atoms with Crippen molar-refractivity contribution in [2.24, 2.45) is 0 Å². The summed E-state index contributed by atoms with van der Waals surface area (Å²) in [6.07, 6.45) is -0.0557. The van der Waals surface area contributed by atoms with Crippen molar-refractivity contribution in [3.8, 4) is 0 Å². The maximum atomic E-state index is 5.84. The molecule has 1 heterocycles. The second-order valence-electron chi connectivity index (χ2n) is 4.57. The molecule has 4 nitrogen and oxygen atoms in total. The van der Waals surface area contributed by atoms with Crippen LogP contribution in [0.4, 0.5) is 0 Å². The molecule has 1 aromatic carbocycles. The van der Waals surface area contributed by atoms with Crippen LogP contribution in [-0.2, 0) is 14.2 Å². The predicted octanol–water partition coefficient (Wildman–Crippen LogP) is 2.44. The normalized spacial score (nSPS) is 20.9. The number of nitrogens with zero attached hydrogens (tertiary/aromatic N) is 1. The molecule has 0 unspecified atom stereocenters. The van der Waals surface area contributed by atoms with Gasteiger partial charge in [0.2, 0.25) is 0 Å². The van der Waals surface area contributed by atoms with E-state index in [9.17, 15) is 0 Å². The summed E-state index contributed by atoms with van der Waals surface area (Å²) in [5.74, 6) is 0. The average Bonchev–Trinajstić information content (AvgIpc) is 2.46. The largest absolute Gasteiger partial charge is 0.371 e. The number of methoxy groups -OCH3 is 2. The molecule has 106 valence electrons. The Labute approximate surface area is 122 Å². The summed E-state index contributed by atoms with van der Waals surface area (Å²) in [4.78, 5) is 2.31. The van der Waals surface area contributed by atoms with Gasteiger partial charge in [-0.1, -0.05) is 28.1 Å². The van der Waals surface area contributed by atoms with Crippen LogP contribution in [0, 0.1) is 0 Å². The van der Waals surface area contributed by atoms with Crippen molar-refractivity contribution in [3.63, 3.8) is 0 Å². The summed E-state index contributed by atoms with van der Waals surface area (Å²) in [6, 6.07) is 8.29. The van der Waals surface area contributed by atoms with Gasteiger partial charge in [0.05, 0.1) is 12.7 Å². The molecular formula is C14H20BrNO3. The van der Waals surface area contributed by atoms with E-state index in [0.717, 1.165) is 30.7 Å². The van der Waals surface area contributed by atoms with E-state index in [4.69, 9.17) is 14.2 Å². The van der Waals surface area contributed by atoms with Crippen molar-refractivity contribution in [2.75, 3.05) is 40.5 Å². The highest BCUT2D eigenvalue weighted by molar-refractivity contribution is 9.10. The monoisotopic (exact) mass is 329 g/mol. The van der Waals surface area contributed by atoms with Gasteiger partial charge in [0, 0.05) is 38.3 Å². The van der Waals surface area contributed by atoms with Gasteiger partial charge in [0.15, 0.2) is 6.29 Å². The number of benzene rings is 1. The fourth-order valence-corrected chi connectivity index (χ4v) is 2.47. The van der Waals surface area contributed by atoms with E-state index in [1.165, 1.54) is 5.56 Å². The van der Waals surface area contributed by atoms with Crippen LogP contribution in [0.15, 0.2) is 28.7 Å². The molecular weight excluding hydrogens is 310 g/mol. The first-order chi connectivity index (χ1) is 9.22. The quantitative estimate of drug-likeness (QED) is 0.776. The lowest BCUT2D eigenvalue weighted by atomic mass is 10.1. The Hall–Kier alpha value is -0.460. The Kier molecular flexibility index (Phi) is 5.78. The summed E-state index contributed by atoms with van der Waals surface area (Å²) >= 11 is 3.45. The molecule has 1 aliphatic rings. The first-order valence-electron chi connectivity index (χ1n) is 6.38. The van der Waals surface area contributed by atoms with Gasteiger partial charge < -0.3 is 14.2 Å². The second kappa shape index (κ2) is 7.36. The summed E-state index contributed by atoms with van der Waals surface area (Å²) in [5.41, 5.74) is 1.21. The minimum absolute atomic E-state index is 0.121. The van der Waals surface area contributed by atoms with Gasteiger partial charge in [-0.3, -0.25) is 4.90 Å². The minimum atomic E-state index is -0.177. The van der Waals surface area contributed by atoms with E-state index in [1.807, 2.05) is 12.1 Å². The van der Waals surface area contributed by atoms with Crippen LogP contribution in [0.25, 0.3) is 0 Å². The van der Waals surface area contributed by atoms with Crippen LogP contribution in [0.5, 0.6) is 0 Å². The molecule has 5 heteroatoms. The van der Waals surface area contributed by atoms with Crippen molar-refractivity contribution in [2.45, 2.75) is 12.4 Å². The molecule has 1 saturated heterocycles. The Balaban J connectivity index is 1.95. The molecule has 0 N–H and O–H groups in total. The number of hydrogen-bond acceptors (Lipinski definition) is 4. The Morgan fingerprint density at radius 3 is 2.63 bits per heavy atom. The maximum Gasteiger partial charge on any atom is 0.169 e. The molecule has 0 aromatic heterocycles. The number of rotatable bonds is 5. The summed E-state index contributed by atoms with van der Waals surface area (Å²) in [6.45, 7) is 3.28. The zero-order chi connectivity index (χ0) is 13.7. The molecule has 0 bridgehead atoms. The standard InChI is InChI=1S/C14H20BrNO3/c1-17-14(18-2)10-16-7-8-19-13(9-16)11-3-5-12(15)6-4-11/h3-6,13-14H,7-10H2,1-2H3/t13-/m0/s1. The number of morpholine rings is 1. The molecule has 0 saturated carbocycles. The van der Waals surface area contributed by atoms with Gasteiger partial charge in [-0.2, -0.15) is 0 Å².